The van der Waals surface area contributed by atoms with E-state index in [2.05, 4.69) is 25.9 Å². The molecule has 0 bridgehead atoms. The topological polar surface area (TPSA) is 78.8 Å². The van der Waals surface area contributed by atoms with Gasteiger partial charge >= 0.3 is 0 Å². The number of nitrogens with one attached hydrogen (secondary N) is 1. The molecular weight excluding hydrogens is 433 g/mol. The Labute approximate surface area is 167 Å². The Morgan fingerprint density at radius 2 is 2.04 bits per heavy atom. The van der Waals surface area contributed by atoms with Gasteiger partial charge in [0.1, 0.15) is 29.8 Å². The maximum absolute atomic E-state index is 13.3. The van der Waals surface area contributed by atoms with Gasteiger partial charge in [-0.25, -0.2) is 9.37 Å². The molecule has 0 saturated carbocycles. The summed E-state index contributed by atoms with van der Waals surface area (Å²) in [6.07, 6.45) is 1.79. The summed E-state index contributed by atoms with van der Waals surface area (Å²) >= 11 is 4.65. The van der Waals surface area contributed by atoms with Crippen molar-refractivity contribution in [2.24, 2.45) is 0 Å². The molecule has 1 N–H and O–H groups in total. The van der Waals surface area contributed by atoms with Gasteiger partial charge in [0, 0.05) is 15.6 Å². The van der Waals surface area contributed by atoms with Gasteiger partial charge in [-0.2, -0.15) is 5.26 Å². The van der Waals surface area contributed by atoms with Crippen molar-refractivity contribution in [3.8, 4) is 23.1 Å². The van der Waals surface area contributed by atoms with Crippen molar-refractivity contribution in [2.45, 2.75) is 11.8 Å². The number of ether oxygens (including phenoxy) is 1. The molecule has 0 spiro atoms. The van der Waals surface area contributed by atoms with E-state index in [0.717, 1.165) is 4.47 Å². The monoisotopic (exact) mass is 445 g/mol. The van der Waals surface area contributed by atoms with E-state index in [1.54, 1.807) is 36.6 Å². The fraction of sp³-hybridized carbons (Fsp3) is 0.105. The predicted molar refractivity (Wildman–Crippen MR) is 105 cm³/mol. The van der Waals surface area contributed by atoms with Gasteiger partial charge in [0.15, 0.2) is 5.16 Å². The van der Waals surface area contributed by atoms with Crippen LogP contribution in [0, 0.1) is 17.1 Å². The first kappa shape index (κ1) is 19.1. The summed E-state index contributed by atoms with van der Waals surface area (Å²) in [6.45, 7) is 0.195. The Bertz CT molecular complexity index is 1080. The van der Waals surface area contributed by atoms with E-state index in [9.17, 15) is 14.4 Å². The quantitative estimate of drug-likeness (QED) is 0.461. The highest BCUT2D eigenvalue weighted by molar-refractivity contribution is 9.10. The number of benzene rings is 2. The summed E-state index contributed by atoms with van der Waals surface area (Å²) < 4.78 is 19.8. The van der Waals surface area contributed by atoms with Crippen LogP contribution in [-0.4, -0.2) is 16.2 Å². The van der Waals surface area contributed by atoms with Crippen LogP contribution in [0.2, 0.25) is 0 Å². The number of aromatic nitrogens is 2. The number of nitriles is 1. The number of nitrogens with zero attached hydrogens (tertiary/aromatic N) is 2. The highest BCUT2D eigenvalue weighted by atomic mass is 79.9. The van der Waals surface area contributed by atoms with Gasteiger partial charge in [-0.3, -0.25) is 4.79 Å². The lowest BCUT2D eigenvalue weighted by Gasteiger charge is -2.09. The Hall–Kier alpha value is -2.63. The fourth-order valence-electron chi connectivity index (χ4n) is 2.39. The summed E-state index contributed by atoms with van der Waals surface area (Å²) in [5.41, 5.74) is 1.14. The van der Waals surface area contributed by atoms with Crippen molar-refractivity contribution in [1.29, 1.82) is 5.26 Å². The van der Waals surface area contributed by atoms with Crippen LogP contribution in [0.5, 0.6) is 5.75 Å². The number of rotatable bonds is 5. The molecule has 136 valence electrons. The molecule has 0 unspecified atom stereocenters. The molecule has 0 aliphatic heterocycles. The zero-order chi connectivity index (χ0) is 19.4. The second-order valence-electron chi connectivity index (χ2n) is 5.46. The maximum Gasteiger partial charge on any atom is 0.270 e. The van der Waals surface area contributed by atoms with E-state index >= 15 is 0 Å². The van der Waals surface area contributed by atoms with Gasteiger partial charge in [0.05, 0.1) is 5.69 Å². The van der Waals surface area contributed by atoms with E-state index in [-0.39, 0.29) is 18.0 Å². The summed E-state index contributed by atoms with van der Waals surface area (Å²) in [5.74, 6) is 0.240. The number of hydrogen-bond donors (Lipinski definition) is 1. The molecule has 3 aromatic rings. The zero-order valence-corrected chi connectivity index (χ0v) is 16.5. The normalized spacial score (nSPS) is 10.4. The molecule has 27 heavy (non-hydrogen) atoms. The Morgan fingerprint density at radius 3 is 2.70 bits per heavy atom. The standard InChI is InChI=1S/C19H13BrFN3O2S/c1-27-19-23-17(15(9-22)18(25)24-19)11-2-5-14(6-3-11)26-10-12-8-13(21)4-7-16(12)20/h2-8H,10H2,1H3,(H,23,24,25). The molecule has 0 aliphatic rings. The Balaban J connectivity index is 1.84. The summed E-state index contributed by atoms with van der Waals surface area (Å²) in [7, 11) is 0. The van der Waals surface area contributed by atoms with E-state index in [1.807, 2.05) is 6.07 Å². The summed E-state index contributed by atoms with van der Waals surface area (Å²) in [6, 6.07) is 13.2. The number of halogens is 2. The minimum absolute atomic E-state index is 0.0369. The lowest BCUT2D eigenvalue weighted by Crippen LogP contribution is -2.14. The van der Waals surface area contributed by atoms with Crippen molar-refractivity contribution < 1.29 is 9.13 Å². The minimum atomic E-state index is -0.469. The first-order chi connectivity index (χ1) is 13.0. The van der Waals surface area contributed by atoms with Crippen LogP contribution in [-0.2, 0) is 6.61 Å². The molecule has 0 saturated heterocycles. The average molecular weight is 446 g/mol. The third-order valence-electron chi connectivity index (χ3n) is 3.73. The SMILES string of the molecule is CSc1nc(-c2ccc(OCc3cc(F)ccc3Br)cc2)c(C#N)c(=O)[nH]1. The molecule has 0 radical (unpaired) electrons. The van der Waals surface area contributed by atoms with Gasteiger partial charge in [-0.05, 0) is 48.7 Å². The van der Waals surface area contributed by atoms with Crippen LogP contribution < -0.4 is 10.3 Å². The van der Waals surface area contributed by atoms with Gasteiger partial charge in [-0.1, -0.05) is 27.7 Å². The van der Waals surface area contributed by atoms with E-state index in [0.29, 0.717) is 27.7 Å². The van der Waals surface area contributed by atoms with Crippen LogP contribution in [0.4, 0.5) is 4.39 Å². The van der Waals surface area contributed by atoms with Crippen molar-refractivity contribution in [3.05, 3.63) is 74.2 Å². The first-order valence-corrected chi connectivity index (χ1v) is 9.79. The molecule has 8 heteroatoms. The third-order valence-corrected chi connectivity index (χ3v) is 5.09. The van der Waals surface area contributed by atoms with Crippen LogP contribution in [0.15, 0.2) is 56.9 Å². The smallest absolute Gasteiger partial charge is 0.270 e. The third kappa shape index (κ3) is 4.38. The second-order valence-corrected chi connectivity index (χ2v) is 7.11. The highest BCUT2D eigenvalue weighted by Gasteiger charge is 2.13. The summed E-state index contributed by atoms with van der Waals surface area (Å²) in [4.78, 5) is 18.9. The van der Waals surface area contributed by atoms with E-state index < -0.39 is 5.56 Å². The number of thioether (sulfide) groups is 1. The van der Waals surface area contributed by atoms with Crippen molar-refractivity contribution >= 4 is 27.7 Å². The maximum atomic E-state index is 13.3. The minimum Gasteiger partial charge on any atom is -0.489 e. The van der Waals surface area contributed by atoms with Crippen LogP contribution in [0.25, 0.3) is 11.3 Å². The number of aromatic amines is 1. The predicted octanol–water partition coefficient (Wildman–Crippen LogP) is 4.51. The second kappa shape index (κ2) is 8.37. The molecule has 0 fully saturated rings. The van der Waals surface area contributed by atoms with Crippen molar-refractivity contribution in [1.82, 2.24) is 9.97 Å². The van der Waals surface area contributed by atoms with Gasteiger partial charge < -0.3 is 9.72 Å². The van der Waals surface area contributed by atoms with Crippen LogP contribution in [0.1, 0.15) is 11.1 Å². The van der Waals surface area contributed by atoms with Crippen LogP contribution >= 0.6 is 27.7 Å². The molecule has 0 amide bonds. The van der Waals surface area contributed by atoms with Gasteiger partial charge in [0.2, 0.25) is 0 Å². The van der Waals surface area contributed by atoms with Gasteiger partial charge in [-0.15, -0.1) is 0 Å². The van der Waals surface area contributed by atoms with Gasteiger partial charge in [0.25, 0.3) is 5.56 Å². The largest absolute Gasteiger partial charge is 0.489 e. The molecule has 3 rings (SSSR count). The zero-order valence-electron chi connectivity index (χ0n) is 14.1. The lowest BCUT2D eigenvalue weighted by molar-refractivity contribution is 0.305. The molecular formula is C19H13BrFN3O2S. The van der Waals surface area contributed by atoms with Crippen molar-refractivity contribution in [2.75, 3.05) is 6.26 Å². The first-order valence-electron chi connectivity index (χ1n) is 7.77. The molecule has 5 nitrogen and oxygen atoms in total. The highest BCUT2D eigenvalue weighted by Crippen LogP contribution is 2.25. The Morgan fingerprint density at radius 1 is 1.30 bits per heavy atom. The number of H-pyrrole nitrogens is 1. The molecule has 0 aliphatic carbocycles. The van der Waals surface area contributed by atoms with Crippen molar-refractivity contribution in [3.63, 3.8) is 0 Å². The molecule has 2 aromatic carbocycles. The van der Waals surface area contributed by atoms with E-state index in [1.165, 1.54) is 23.9 Å². The fourth-order valence-corrected chi connectivity index (χ4v) is 3.12. The van der Waals surface area contributed by atoms with Crippen LogP contribution in [0.3, 0.4) is 0 Å². The van der Waals surface area contributed by atoms with E-state index in [4.69, 9.17) is 4.74 Å². The summed E-state index contributed by atoms with van der Waals surface area (Å²) in [5, 5.41) is 9.70. The average Bonchev–Trinajstić information content (AvgIpc) is 2.68. The molecule has 0 atom stereocenters. The Kier molecular flexibility index (Phi) is 5.94. The number of hydrogen-bond acceptors (Lipinski definition) is 5. The lowest BCUT2D eigenvalue weighted by atomic mass is 10.1. The molecule has 1 aromatic heterocycles. The molecule has 1 heterocycles.